The van der Waals surface area contributed by atoms with E-state index in [1.165, 1.54) is 23.0 Å². The number of nitrogens with one attached hydrogen (secondary N) is 2. The van der Waals surface area contributed by atoms with Crippen molar-refractivity contribution in [2.45, 2.75) is 62.6 Å². The van der Waals surface area contributed by atoms with Crippen LogP contribution < -0.4 is 10.6 Å². The van der Waals surface area contributed by atoms with Crippen molar-refractivity contribution in [3.63, 3.8) is 0 Å². The van der Waals surface area contributed by atoms with E-state index in [1.807, 2.05) is 49.9 Å². The number of ether oxygens (including phenoxy) is 2. The van der Waals surface area contributed by atoms with Crippen LogP contribution in [-0.2, 0) is 35.1 Å². The van der Waals surface area contributed by atoms with Crippen molar-refractivity contribution in [3.05, 3.63) is 138 Å². The molecule has 11 heteroatoms. The zero-order chi connectivity index (χ0) is 35.8. The highest BCUT2D eigenvalue weighted by molar-refractivity contribution is 8.00. The number of carbonyl (C=O) groups is 3. The van der Waals surface area contributed by atoms with Gasteiger partial charge >= 0.3 is 5.97 Å². The minimum atomic E-state index is -1.28. The SMILES string of the molecule is CC(C)C1NC(=O)[C@]2(C)COC(=N2)c2coc(n2)CNC(=O)CC(/C=C/CCSC(c2ccccc2)(c2ccccc2)c2ccccc2)OC1=O. The van der Waals surface area contributed by atoms with Crippen molar-refractivity contribution in [1.29, 1.82) is 0 Å². The molecule has 1 aromatic heterocycles. The summed E-state index contributed by atoms with van der Waals surface area (Å²) >= 11 is 1.82. The van der Waals surface area contributed by atoms with Gasteiger partial charge in [0.25, 0.3) is 5.91 Å². The molecule has 10 nitrogen and oxygen atoms in total. The van der Waals surface area contributed by atoms with Gasteiger partial charge in [-0.3, -0.25) is 9.59 Å². The molecule has 2 aliphatic heterocycles. The Morgan fingerprint density at radius 2 is 1.55 bits per heavy atom. The van der Waals surface area contributed by atoms with Crippen LogP contribution in [0.5, 0.6) is 0 Å². The van der Waals surface area contributed by atoms with E-state index in [0.717, 1.165) is 5.75 Å². The second kappa shape index (κ2) is 15.8. The number of thioether (sulfide) groups is 1. The molecule has 0 saturated carbocycles. The number of aliphatic imine (C=N–C) groups is 1. The first kappa shape index (κ1) is 35.7. The lowest BCUT2D eigenvalue weighted by molar-refractivity contribution is -0.153. The Kier molecular flexibility index (Phi) is 11.1. The molecule has 51 heavy (non-hydrogen) atoms. The van der Waals surface area contributed by atoms with Crippen molar-refractivity contribution in [2.75, 3.05) is 12.4 Å². The van der Waals surface area contributed by atoms with Crippen LogP contribution in [0.25, 0.3) is 0 Å². The number of oxazole rings is 1. The molecular formula is C40H42N4O6S. The van der Waals surface area contributed by atoms with E-state index in [1.54, 1.807) is 13.0 Å². The number of esters is 1. The van der Waals surface area contributed by atoms with Crippen molar-refractivity contribution in [2.24, 2.45) is 10.9 Å². The lowest BCUT2D eigenvalue weighted by Crippen LogP contribution is -2.53. The third kappa shape index (κ3) is 8.09. The van der Waals surface area contributed by atoms with E-state index < -0.39 is 34.3 Å². The highest BCUT2D eigenvalue weighted by atomic mass is 32.2. The smallest absolute Gasteiger partial charge is 0.329 e. The minimum Gasteiger partial charge on any atom is -0.473 e. The summed E-state index contributed by atoms with van der Waals surface area (Å²) in [5.41, 5.74) is 2.54. The highest BCUT2D eigenvalue weighted by Gasteiger charge is 2.43. The number of benzene rings is 3. The van der Waals surface area contributed by atoms with Crippen molar-refractivity contribution < 1.29 is 28.3 Å². The first-order chi connectivity index (χ1) is 24.7. The predicted octanol–water partition coefficient (Wildman–Crippen LogP) is 5.95. The molecule has 3 aromatic carbocycles. The molecule has 0 aliphatic carbocycles. The van der Waals surface area contributed by atoms with Crippen molar-refractivity contribution >= 4 is 35.4 Å². The average molecular weight is 707 g/mol. The fraction of sp³-hybridized carbons (Fsp3) is 0.325. The fourth-order valence-electron chi connectivity index (χ4n) is 6.13. The summed E-state index contributed by atoms with van der Waals surface area (Å²) in [5.74, 6) is -0.657. The quantitative estimate of drug-likeness (QED) is 0.0945. The first-order valence-electron chi connectivity index (χ1n) is 17.1. The number of hydrogen-bond donors (Lipinski definition) is 2. The molecule has 2 aliphatic rings. The summed E-state index contributed by atoms with van der Waals surface area (Å²) in [6.45, 7) is 5.25. The van der Waals surface area contributed by atoms with E-state index in [4.69, 9.17) is 13.9 Å². The molecule has 3 atom stereocenters. The highest BCUT2D eigenvalue weighted by Crippen LogP contribution is 2.48. The molecule has 2 N–H and O–H groups in total. The monoisotopic (exact) mass is 706 g/mol. The molecular weight excluding hydrogens is 665 g/mol. The number of cyclic esters (lactones) is 1. The molecule has 2 amide bonds. The Balaban J connectivity index is 1.23. The Labute approximate surface area is 302 Å². The maximum Gasteiger partial charge on any atom is 0.329 e. The maximum atomic E-state index is 13.6. The maximum absolute atomic E-state index is 13.6. The summed E-state index contributed by atoms with van der Waals surface area (Å²) < 4.78 is 16.7. The van der Waals surface area contributed by atoms with E-state index in [-0.39, 0.29) is 43.2 Å². The largest absolute Gasteiger partial charge is 0.473 e. The summed E-state index contributed by atoms with van der Waals surface area (Å²) in [4.78, 5) is 49.0. The van der Waals surface area contributed by atoms with Crippen LogP contribution in [-0.4, -0.2) is 58.7 Å². The molecule has 4 aromatic rings. The zero-order valence-corrected chi connectivity index (χ0v) is 29.7. The molecule has 264 valence electrons. The van der Waals surface area contributed by atoms with Gasteiger partial charge in [0, 0.05) is 0 Å². The Bertz CT molecular complexity index is 1780. The summed E-state index contributed by atoms with van der Waals surface area (Å²) in [6.07, 6.45) is 4.69. The van der Waals surface area contributed by atoms with Gasteiger partial charge in [0.15, 0.2) is 11.2 Å². The average Bonchev–Trinajstić information content (AvgIpc) is 3.79. The number of hydrogen-bond acceptors (Lipinski definition) is 9. The molecule has 0 fully saturated rings. The van der Waals surface area contributed by atoms with Gasteiger partial charge in [-0.15, -0.1) is 11.8 Å². The second-order valence-electron chi connectivity index (χ2n) is 13.1. The molecule has 0 spiro atoms. The lowest BCUT2D eigenvalue weighted by Gasteiger charge is -2.35. The Morgan fingerprint density at radius 1 is 0.941 bits per heavy atom. The molecule has 0 saturated heterocycles. The molecule has 3 heterocycles. The Morgan fingerprint density at radius 3 is 2.14 bits per heavy atom. The van der Waals surface area contributed by atoms with Gasteiger partial charge in [-0.25, -0.2) is 14.8 Å². The van der Waals surface area contributed by atoms with Crippen molar-refractivity contribution in [1.82, 2.24) is 15.6 Å². The van der Waals surface area contributed by atoms with Gasteiger partial charge in [0.05, 0.1) is 17.7 Å². The van der Waals surface area contributed by atoms with Gasteiger partial charge in [0.1, 0.15) is 25.0 Å². The van der Waals surface area contributed by atoms with E-state index in [9.17, 15) is 14.4 Å². The summed E-state index contributed by atoms with van der Waals surface area (Å²) in [6, 6.07) is 30.4. The van der Waals surface area contributed by atoms with E-state index in [0.29, 0.717) is 12.1 Å². The number of amides is 2. The normalized spacial score (nSPS) is 21.5. The second-order valence-corrected chi connectivity index (χ2v) is 14.4. The van der Waals surface area contributed by atoms with E-state index >= 15 is 0 Å². The van der Waals surface area contributed by atoms with Crippen LogP contribution in [0.2, 0.25) is 0 Å². The summed E-state index contributed by atoms with van der Waals surface area (Å²) in [7, 11) is 0. The molecule has 6 rings (SSSR count). The Hall–Kier alpha value is -5.16. The van der Waals surface area contributed by atoms with Gasteiger partial charge < -0.3 is 24.5 Å². The van der Waals surface area contributed by atoms with Crippen LogP contribution in [0.1, 0.15) is 61.9 Å². The standard InChI is InChI=1S/C40H42N4O6S/c1-27(2)35-37(46)50-31(23-33(45)41-24-34-42-32(25-48-34)36-44-39(3,26-49-36)38(47)43-35)21-13-14-22-51-40(28-15-7-4-8-16-28,29-17-9-5-10-18-29)30-19-11-6-12-20-30/h4-13,15-21,25,27,31,35H,14,22-24,26H2,1-3H3,(H,41,45)(H,43,47)/b21-13+/t31?,35?,39-/m0/s1. The number of fused-ring (bicyclic) bond motifs is 4. The topological polar surface area (TPSA) is 132 Å². The number of allylic oxidation sites excluding steroid dienone is 1. The zero-order valence-electron chi connectivity index (χ0n) is 28.9. The molecule has 2 unspecified atom stereocenters. The van der Waals surface area contributed by atoms with Gasteiger partial charge in [-0.05, 0) is 47.8 Å². The third-order valence-electron chi connectivity index (χ3n) is 8.89. The number of carbonyl (C=O) groups excluding carboxylic acids is 3. The van der Waals surface area contributed by atoms with Crippen LogP contribution >= 0.6 is 11.8 Å². The fourth-order valence-corrected chi connectivity index (χ4v) is 7.60. The first-order valence-corrected chi connectivity index (χ1v) is 18.1. The van der Waals surface area contributed by atoms with Crippen molar-refractivity contribution in [3.8, 4) is 0 Å². The number of nitrogens with zero attached hydrogens (tertiary/aromatic N) is 2. The number of aromatic nitrogens is 1. The molecule has 0 radical (unpaired) electrons. The third-order valence-corrected chi connectivity index (χ3v) is 10.5. The number of rotatable bonds is 9. The molecule has 4 bridgehead atoms. The minimum absolute atomic E-state index is 0.0139. The van der Waals surface area contributed by atoms with Crippen LogP contribution in [0.15, 0.2) is 119 Å². The summed E-state index contributed by atoms with van der Waals surface area (Å²) in [5, 5.41) is 5.61. The lowest BCUT2D eigenvalue weighted by atomic mass is 9.84. The van der Waals surface area contributed by atoms with Crippen LogP contribution in [0.4, 0.5) is 0 Å². The predicted molar refractivity (Wildman–Crippen MR) is 196 cm³/mol. The van der Waals surface area contributed by atoms with Gasteiger partial charge in [-0.1, -0.05) is 111 Å². The van der Waals surface area contributed by atoms with Crippen LogP contribution in [0.3, 0.4) is 0 Å². The van der Waals surface area contributed by atoms with Gasteiger partial charge in [0.2, 0.25) is 17.7 Å². The van der Waals surface area contributed by atoms with Crippen LogP contribution in [0, 0.1) is 5.92 Å². The van der Waals surface area contributed by atoms with E-state index in [2.05, 4.69) is 93.4 Å². The van der Waals surface area contributed by atoms with Gasteiger partial charge in [-0.2, -0.15) is 0 Å².